The maximum Gasteiger partial charge on any atom is 0.417 e. The number of aliphatic hydroxyl groups excluding tert-OH is 1. The van der Waals surface area contributed by atoms with Crippen molar-refractivity contribution in [2.75, 3.05) is 46.8 Å². The van der Waals surface area contributed by atoms with Crippen LogP contribution in [0.2, 0.25) is 0 Å². The van der Waals surface area contributed by atoms with Crippen LogP contribution in [0.25, 0.3) is 0 Å². The second kappa shape index (κ2) is 18.1. The van der Waals surface area contributed by atoms with E-state index in [0.29, 0.717) is 38.5 Å². The van der Waals surface area contributed by atoms with E-state index in [-0.39, 0.29) is 39.6 Å². The third kappa shape index (κ3) is 11.1. The number of carbonyl (C=O) groups is 6. The molecule has 2 aliphatic rings. The van der Waals surface area contributed by atoms with Gasteiger partial charge >= 0.3 is 35.8 Å². The van der Waals surface area contributed by atoms with Crippen LogP contribution < -0.4 is 0 Å². The molecule has 0 amide bonds. The Bertz CT molecular complexity index is 872. The molecule has 2 unspecified atom stereocenters. The number of ether oxygens (including phenoxy) is 8. The van der Waals surface area contributed by atoms with E-state index >= 15 is 0 Å². The second-order valence-electron chi connectivity index (χ2n) is 8.93. The van der Waals surface area contributed by atoms with Crippen LogP contribution >= 0.6 is 0 Å². The lowest BCUT2D eigenvalue weighted by molar-refractivity contribution is -0.174. The molecule has 1 N–H and O–H groups in total. The SMILES string of the molecule is COC(=O)C(=O)O[C@H]1COC2C1OC[C@@H]2OC(=O)C(=O)OCCCCCCOC(=O)C(=O)OCCCCCCO. The Balaban J connectivity index is 1.50. The molecule has 0 spiro atoms. The van der Waals surface area contributed by atoms with Crippen LogP contribution in [0.15, 0.2) is 0 Å². The van der Waals surface area contributed by atoms with Gasteiger partial charge in [-0.2, -0.15) is 0 Å². The summed E-state index contributed by atoms with van der Waals surface area (Å²) in [7, 11) is 1.03. The van der Waals surface area contributed by atoms with E-state index < -0.39 is 60.2 Å². The van der Waals surface area contributed by atoms with Crippen molar-refractivity contribution in [1.29, 1.82) is 0 Å². The zero-order valence-corrected chi connectivity index (χ0v) is 22.4. The van der Waals surface area contributed by atoms with Gasteiger partial charge in [-0.05, 0) is 44.9 Å². The smallest absolute Gasteiger partial charge is 0.417 e. The minimum Gasteiger partial charge on any atom is -0.461 e. The molecule has 2 saturated heterocycles. The Morgan fingerprint density at radius 1 is 0.575 bits per heavy atom. The van der Waals surface area contributed by atoms with E-state index in [1.54, 1.807) is 0 Å². The Morgan fingerprint density at radius 3 is 1.35 bits per heavy atom. The molecule has 40 heavy (non-hydrogen) atoms. The predicted molar refractivity (Wildman–Crippen MR) is 128 cm³/mol. The lowest BCUT2D eigenvalue weighted by Crippen LogP contribution is -2.38. The van der Waals surface area contributed by atoms with Crippen LogP contribution in [-0.4, -0.2) is 112 Å². The lowest BCUT2D eigenvalue weighted by atomic mass is 10.1. The topological polar surface area (TPSA) is 196 Å². The van der Waals surface area contributed by atoms with Gasteiger partial charge in [0.15, 0.2) is 12.2 Å². The number of hydrogen-bond acceptors (Lipinski definition) is 15. The Morgan fingerprint density at radius 2 is 0.950 bits per heavy atom. The van der Waals surface area contributed by atoms with Gasteiger partial charge in [0.05, 0.1) is 40.1 Å². The summed E-state index contributed by atoms with van der Waals surface area (Å²) in [4.78, 5) is 69.9. The van der Waals surface area contributed by atoms with Gasteiger partial charge < -0.3 is 43.0 Å². The van der Waals surface area contributed by atoms with Crippen molar-refractivity contribution in [2.45, 2.75) is 75.8 Å². The minimum absolute atomic E-state index is 0.0341. The van der Waals surface area contributed by atoms with Crippen molar-refractivity contribution >= 4 is 35.8 Å². The molecule has 0 radical (unpaired) electrons. The average molecular weight is 577 g/mol. The van der Waals surface area contributed by atoms with Gasteiger partial charge in [0, 0.05) is 6.61 Å². The monoisotopic (exact) mass is 576 g/mol. The fourth-order valence-electron chi connectivity index (χ4n) is 3.88. The summed E-state index contributed by atoms with van der Waals surface area (Å²) >= 11 is 0. The van der Waals surface area contributed by atoms with Crippen molar-refractivity contribution in [1.82, 2.24) is 0 Å². The quantitative estimate of drug-likeness (QED) is 0.113. The third-order valence-corrected chi connectivity index (χ3v) is 5.96. The molecule has 0 aromatic rings. The van der Waals surface area contributed by atoms with Gasteiger partial charge in [0.25, 0.3) is 0 Å². The summed E-state index contributed by atoms with van der Waals surface area (Å²) in [6.45, 7) is 0.0403. The molecular weight excluding hydrogens is 540 g/mol. The molecule has 226 valence electrons. The van der Waals surface area contributed by atoms with E-state index in [1.807, 2.05) is 0 Å². The number of rotatable bonds is 15. The van der Waals surface area contributed by atoms with E-state index in [9.17, 15) is 28.8 Å². The molecule has 0 bridgehead atoms. The van der Waals surface area contributed by atoms with E-state index in [2.05, 4.69) is 4.74 Å². The fourth-order valence-corrected chi connectivity index (χ4v) is 3.88. The number of methoxy groups -OCH3 is 1. The molecule has 0 aliphatic carbocycles. The summed E-state index contributed by atoms with van der Waals surface area (Å²) in [5.74, 6) is -6.88. The molecule has 2 aliphatic heterocycles. The summed E-state index contributed by atoms with van der Waals surface area (Å²) in [5, 5.41) is 8.69. The number of fused-ring (bicyclic) bond motifs is 1. The molecule has 15 nitrogen and oxygen atoms in total. The Labute approximate surface area is 230 Å². The highest BCUT2D eigenvalue weighted by Gasteiger charge is 2.52. The van der Waals surface area contributed by atoms with Gasteiger partial charge in [-0.3, -0.25) is 0 Å². The second-order valence-corrected chi connectivity index (χ2v) is 8.93. The highest BCUT2D eigenvalue weighted by atomic mass is 16.7. The minimum atomic E-state index is -1.23. The summed E-state index contributed by atoms with van der Waals surface area (Å²) in [6.07, 6.45) is 1.65. The van der Waals surface area contributed by atoms with Gasteiger partial charge in [0.1, 0.15) is 12.2 Å². The van der Waals surface area contributed by atoms with E-state index in [1.165, 1.54) is 0 Å². The Hall–Kier alpha value is -3.30. The number of carbonyl (C=O) groups excluding carboxylic acids is 6. The molecule has 0 aromatic carbocycles. The molecule has 15 heteroatoms. The van der Waals surface area contributed by atoms with Gasteiger partial charge in [-0.15, -0.1) is 0 Å². The molecule has 4 atom stereocenters. The van der Waals surface area contributed by atoms with Crippen molar-refractivity contribution in [3.63, 3.8) is 0 Å². The summed E-state index contributed by atoms with van der Waals surface area (Å²) in [5.41, 5.74) is 0. The first-order valence-corrected chi connectivity index (χ1v) is 13.1. The Kier molecular flexibility index (Phi) is 14.9. The standard InChI is InChI=1S/C25H36O15/c1-33-20(27)24(31)39-16-14-37-19-17(15-38-18(16)19)40-25(32)23(30)36-13-9-5-4-8-12-35-22(29)21(28)34-11-7-3-2-6-10-26/h16-19,26H,2-15H2,1H3/t16-,17-,18?,19?/m0/s1. The first-order chi connectivity index (χ1) is 19.3. The average Bonchev–Trinajstić information content (AvgIpc) is 3.53. The largest absolute Gasteiger partial charge is 0.461 e. The molecule has 0 saturated carbocycles. The summed E-state index contributed by atoms with van der Waals surface area (Å²) < 4.78 is 39.9. The van der Waals surface area contributed by atoms with Crippen LogP contribution in [-0.2, 0) is 66.7 Å². The van der Waals surface area contributed by atoms with Crippen LogP contribution in [0.3, 0.4) is 0 Å². The van der Waals surface area contributed by atoms with E-state index in [0.717, 1.165) is 20.0 Å². The first-order valence-electron chi connectivity index (χ1n) is 13.1. The zero-order chi connectivity index (χ0) is 29.3. The first kappa shape index (κ1) is 32.9. The molecule has 2 fully saturated rings. The van der Waals surface area contributed by atoms with Crippen molar-refractivity contribution in [2.24, 2.45) is 0 Å². The van der Waals surface area contributed by atoms with Crippen LogP contribution in [0.5, 0.6) is 0 Å². The lowest BCUT2D eigenvalue weighted by Gasteiger charge is -2.16. The third-order valence-electron chi connectivity index (χ3n) is 5.96. The number of hydrogen-bond donors (Lipinski definition) is 1. The van der Waals surface area contributed by atoms with Crippen molar-refractivity contribution < 1.29 is 71.8 Å². The summed E-state index contributed by atoms with van der Waals surface area (Å²) in [6, 6.07) is 0. The zero-order valence-electron chi connectivity index (χ0n) is 22.4. The molecular formula is C25H36O15. The highest BCUT2D eigenvalue weighted by molar-refractivity contribution is 6.30. The number of aliphatic hydroxyl groups is 1. The maximum atomic E-state index is 12.1. The normalized spacial score (nSPS) is 21.1. The van der Waals surface area contributed by atoms with Gasteiger partial charge in [0.2, 0.25) is 0 Å². The number of unbranched alkanes of at least 4 members (excludes halogenated alkanes) is 6. The molecule has 2 rings (SSSR count). The number of esters is 6. The van der Waals surface area contributed by atoms with Crippen LogP contribution in [0.1, 0.15) is 51.4 Å². The maximum absolute atomic E-state index is 12.1. The van der Waals surface area contributed by atoms with E-state index in [4.69, 9.17) is 38.3 Å². The van der Waals surface area contributed by atoms with Crippen LogP contribution in [0.4, 0.5) is 0 Å². The van der Waals surface area contributed by atoms with Crippen LogP contribution in [0, 0.1) is 0 Å². The van der Waals surface area contributed by atoms with Gasteiger partial charge in [-0.25, -0.2) is 28.8 Å². The van der Waals surface area contributed by atoms with Crippen molar-refractivity contribution in [3.8, 4) is 0 Å². The predicted octanol–water partition coefficient (Wildman–Crippen LogP) is -0.477. The van der Waals surface area contributed by atoms with Crippen molar-refractivity contribution in [3.05, 3.63) is 0 Å². The van der Waals surface area contributed by atoms with Gasteiger partial charge in [-0.1, -0.05) is 6.42 Å². The fraction of sp³-hybridized carbons (Fsp3) is 0.760. The molecule has 0 aromatic heterocycles. The highest BCUT2D eigenvalue weighted by Crippen LogP contribution is 2.30. The molecule has 2 heterocycles.